The van der Waals surface area contributed by atoms with Crippen LogP contribution in [0.4, 0.5) is 11.4 Å². The van der Waals surface area contributed by atoms with Crippen LogP contribution in [0.15, 0.2) is 63.8 Å². The van der Waals surface area contributed by atoms with Crippen molar-refractivity contribution in [1.82, 2.24) is 0 Å². The molecule has 0 radical (unpaired) electrons. The second-order valence-electron chi connectivity index (χ2n) is 5.09. The standard InChI is InChI=1S/C18H13ClN2O2S2.Na/c19-11-8-4-5-9-12(11)21-17(23)13-14(20)16(25-18(13)24)15(22)10-6-2-1-3-7-10;/h1-9,24H,20H2,(H,21,23);/q;+1/p-1. The van der Waals surface area contributed by atoms with Gasteiger partial charge < -0.3 is 10.8 Å². The number of thiophene rings is 1. The van der Waals surface area contributed by atoms with Gasteiger partial charge in [0.2, 0.25) is 5.78 Å². The smallest absolute Gasteiger partial charge is 0.858 e. The number of hydrogen-bond acceptors (Lipinski definition) is 6. The first-order valence-corrected chi connectivity index (χ1v) is 8.84. The zero-order chi connectivity index (χ0) is 18.0. The molecule has 126 valence electrons. The van der Waals surface area contributed by atoms with E-state index in [1.165, 1.54) is 0 Å². The van der Waals surface area contributed by atoms with Gasteiger partial charge in [-0.1, -0.05) is 54.1 Å². The van der Waals surface area contributed by atoms with Crippen molar-refractivity contribution in [2.45, 2.75) is 4.21 Å². The number of nitrogens with zero attached hydrogens (tertiary/aromatic N) is 1. The number of rotatable bonds is 4. The molecule has 0 saturated carbocycles. The number of aliphatic imine (C=N–C) groups is 1. The van der Waals surface area contributed by atoms with Gasteiger partial charge in [-0.2, -0.15) is 0 Å². The molecule has 26 heavy (non-hydrogen) atoms. The van der Waals surface area contributed by atoms with Crippen molar-refractivity contribution in [3.63, 3.8) is 0 Å². The van der Waals surface area contributed by atoms with Crippen LogP contribution in [0.3, 0.4) is 0 Å². The third-order valence-corrected chi connectivity index (χ3v) is 5.28. The maximum absolute atomic E-state index is 12.6. The summed E-state index contributed by atoms with van der Waals surface area (Å²) in [7, 11) is 0. The van der Waals surface area contributed by atoms with Gasteiger partial charge in [-0.3, -0.25) is 9.79 Å². The van der Waals surface area contributed by atoms with Crippen LogP contribution in [-0.4, -0.2) is 11.7 Å². The summed E-state index contributed by atoms with van der Waals surface area (Å²) >= 11 is 11.4. The number of carbonyl (C=O) groups excluding carboxylic acids is 1. The van der Waals surface area contributed by atoms with E-state index >= 15 is 0 Å². The Bertz CT molecular complexity index is 975. The molecule has 0 saturated heterocycles. The van der Waals surface area contributed by atoms with Crippen LogP contribution in [-0.2, 0) is 0 Å². The molecule has 0 aliphatic carbocycles. The predicted molar refractivity (Wildman–Crippen MR) is 104 cm³/mol. The molecule has 2 N–H and O–H groups in total. The van der Waals surface area contributed by atoms with Gasteiger partial charge in [-0.05, 0) is 18.0 Å². The van der Waals surface area contributed by atoms with Gasteiger partial charge >= 0.3 is 29.6 Å². The number of ketones is 1. The largest absolute Gasteiger partial charge is 1.00 e. The summed E-state index contributed by atoms with van der Waals surface area (Å²) in [5, 5.41) is 12.9. The summed E-state index contributed by atoms with van der Waals surface area (Å²) in [5.41, 5.74) is 7.10. The maximum Gasteiger partial charge on any atom is 1.00 e. The minimum Gasteiger partial charge on any atom is -0.858 e. The Morgan fingerprint density at radius 3 is 2.38 bits per heavy atom. The maximum atomic E-state index is 12.6. The van der Waals surface area contributed by atoms with Crippen LogP contribution in [0.5, 0.6) is 0 Å². The van der Waals surface area contributed by atoms with Crippen molar-refractivity contribution >= 4 is 58.6 Å². The predicted octanol–water partition coefficient (Wildman–Crippen LogP) is 0.946. The number of hydrogen-bond donors (Lipinski definition) is 2. The molecule has 0 atom stereocenters. The Kier molecular flexibility index (Phi) is 7.34. The van der Waals surface area contributed by atoms with Gasteiger partial charge in [0.1, 0.15) is 0 Å². The molecule has 2 aromatic carbocycles. The fraction of sp³-hybridized carbons (Fsp3) is 0. The van der Waals surface area contributed by atoms with E-state index in [2.05, 4.69) is 17.6 Å². The monoisotopic (exact) mass is 410 g/mol. The fourth-order valence-corrected chi connectivity index (χ4v) is 3.82. The Balaban J connectivity index is 0.00000243. The number of thiol groups is 1. The molecular formula is C18H12ClN2NaO2S2. The zero-order valence-corrected chi connectivity index (χ0v) is 18.2. The number of benzene rings is 2. The second-order valence-corrected chi connectivity index (χ2v) is 7.27. The molecule has 8 heteroatoms. The molecular weight excluding hydrogens is 399 g/mol. The first-order valence-electron chi connectivity index (χ1n) is 7.20. The van der Waals surface area contributed by atoms with E-state index in [1.54, 1.807) is 48.5 Å². The summed E-state index contributed by atoms with van der Waals surface area (Å²) < 4.78 is 0.345. The Morgan fingerprint density at radius 1 is 1.12 bits per heavy atom. The van der Waals surface area contributed by atoms with Crippen LogP contribution < -0.4 is 40.4 Å². The Labute approximate surface area is 187 Å². The Hall–Kier alpha value is -1.28. The molecule has 0 unspecified atom stereocenters. The van der Waals surface area contributed by atoms with Gasteiger partial charge in [0, 0.05) is 11.1 Å². The normalized spacial score (nSPS) is 11.1. The molecule has 0 bridgehead atoms. The average molecular weight is 411 g/mol. The first-order chi connectivity index (χ1) is 12.0. The van der Waals surface area contributed by atoms with Crippen molar-refractivity contribution in [2.75, 3.05) is 5.73 Å². The minimum absolute atomic E-state index is 0. The van der Waals surface area contributed by atoms with Gasteiger partial charge in [0.05, 0.1) is 25.5 Å². The molecule has 0 spiro atoms. The van der Waals surface area contributed by atoms with Crippen molar-refractivity contribution in [3.05, 3.63) is 75.6 Å². The minimum atomic E-state index is -0.584. The molecule has 3 aromatic rings. The van der Waals surface area contributed by atoms with Crippen LogP contribution in [0.25, 0.3) is 0 Å². The van der Waals surface area contributed by atoms with E-state index in [-0.39, 0.29) is 51.5 Å². The van der Waals surface area contributed by atoms with Gasteiger partial charge in [0.15, 0.2) is 0 Å². The molecule has 0 aliphatic rings. The van der Waals surface area contributed by atoms with E-state index in [1.807, 2.05) is 6.07 Å². The van der Waals surface area contributed by atoms with E-state index in [9.17, 15) is 9.90 Å². The van der Waals surface area contributed by atoms with E-state index in [4.69, 9.17) is 17.3 Å². The summed E-state index contributed by atoms with van der Waals surface area (Å²) in [6.07, 6.45) is 0. The Morgan fingerprint density at radius 2 is 1.73 bits per heavy atom. The van der Waals surface area contributed by atoms with E-state index in [0.29, 0.717) is 20.5 Å². The topological polar surface area (TPSA) is 78.5 Å². The number of para-hydroxylation sites is 1. The molecule has 4 nitrogen and oxygen atoms in total. The quantitative estimate of drug-likeness (QED) is 0.221. The second kappa shape index (κ2) is 9.08. The average Bonchev–Trinajstić information content (AvgIpc) is 2.91. The van der Waals surface area contributed by atoms with E-state index < -0.39 is 5.90 Å². The molecule has 0 aliphatic heterocycles. The van der Waals surface area contributed by atoms with Crippen molar-refractivity contribution in [1.29, 1.82) is 0 Å². The van der Waals surface area contributed by atoms with Crippen LogP contribution in [0.2, 0.25) is 5.02 Å². The van der Waals surface area contributed by atoms with Crippen molar-refractivity contribution < 1.29 is 39.5 Å². The third-order valence-electron chi connectivity index (χ3n) is 3.46. The molecule has 1 heterocycles. The van der Waals surface area contributed by atoms with Crippen LogP contribution in [0, 0.1) is 0 Å². The summed E-state index contributed by atoms with van der Waals surface area (Å²) in [4.78, 5) is 16.9. The molecule has 3 rings (SSSR count). The SMILES string of the molecule is Nc1c(C(=O)c2ccccc2)sc(S)c1C([O-])=Nc1ccccc1Cl.[Na+]. The first kappa shape index (κ1) is 21.0. The van der Waals surface area contributed by atoms with Gasteiger partial charge in [0.25, 0.3) is 0 Å². The molecule has 0 fully saturated rings. The molecule has 1 aromatic heterocycles. The third kappa shape index (κ3) is 4.34. The fourth-order valence-electron chi connectivity index (χ4n) is 2.24. The van der Waals surface area contributed by atoms with Gasteiger partial charge in [-0.15, -0.1) is 24.0 Å². The number of nitrogens with two attached hydrogens (primary N) is 1. The number of anilines is 1. The summed E-state index contributed by atoms with van der Waals surface area (Å²) in [6, 6.07) is 15.4. The van der Waals surface area contributed by atoms with Gasteiger partial charge in [-0.25, -0.2) is 0 Å². The van der Waals surface area contributed by atoms with Crippen LogP contribution >= 0.6 is 35.6 Å². The van der Waals surface area contributed by atoms with Crippen LogP contribution in [0.1, 0.15) is 20.8 Å². The molecule has 0 amide bonds. The number of carbonyl (C=O) groups is 1. The number of halogens is 1. The van der Waals surface area contributed by atoms with Crippen molar-refractivity contribution in [3.8, 4) is 0 Å². The summed E-state index contributed by atoms with van der Waals surface area (Å²) in [6.45, 7) is 0. The van der Waals surface area contributed by atoms with E-state index in [0.717, 1.165) is 11.3 Å². The van der Waals surface area contributed by atoms with Crippen molar-refractivity contribution in [2.24, 2.45) is 4.99 Å². The number of nitrogen functional groups attached to an aromatic ring is 1. The zero-order valence-electron chi connectivity index (χ0n) is 13.8. The summed E-state index contributed by atoms with van der Waals surface area (Å²) in [5.74, 6) is -0.839.